The molecule has 0 amide bonds. The molecule has 0 bridgehead atoms. The second-order valence-electron chi connectivity index (χ2n) is 5.59. The molecular weight excluding hydrogens is 322 g/mol. The van der Waals surface area contributed by atoms with Crippen LogP contribution >= 0.6 is 11.6 Å². The first-order chi connectivity index (χ1) is 11.6. The van der Waals surface area contributed by atoms with Gasteiger partial charge in [0.25, 0.3) is 0 Å². The maximum atomic E-state index is 6.04. The van der Waals surface area contributed by atoms with E-state index >= 15 is 0 Å². The smallest absolute Gasteiger partial charge is 0.249 e. The van der Waals surface area contributed by atoms with Gasteiger partial charge in [-0.15, -0.1) is 5.10 Å². The van der Waals surface area contributed by atoms with Crippen LogP contribution in [0.5, 0.6) is 0 Å². The predicted octanol–water partition coefficient (Wildman–Crippen LogP) is 4.50. The number of nitrogens with zero attached hydrogens (tertiary/aromatic N) is 3. The number of hydrogen-bond donors (Lipinski definition) is 2. The van der Waals surface area contributed by atoms with Gasteiger partial charge in [0.05, 0.1) is 6.20 Å². The molecule has 5 nitrogen and oxygen atoms in total. The molecule has 0 fully saturated rings. The van der Waals surface area contributed by atoms with Gasteiger partial charge in [0, 0.05) is 17.3 Å². The lowest BCUT2D eigenvalue weighted by molar-refractivity contribution is 0.965. The Morgan fingerprint density at radius 2 is 1.96 bits per heavy atom. The molecule has 122 valence electrons. The second kappa shape index (κ2) is 7.27. The molecule has 0 saturated heterocycles. The summed E-state index contributed by atoms with van der Waals surface area (Å²) in [5.41, 5.74) is 4.34. The number of aromatic nitrogens is 3. The number of benzene rings is 2. The van der Waals surface area contributed by atoms with Crippen molar-refractivity contribution < 1.29 is 0 Å². The summed E-state index contributed by atoms with van der Waals surface area (Å²) < 4.78 is 0. The summed E-state index contributed by atoms with van der Waals surface area (Å²) in [6, 6.07) is 14.0. The van der Waals surface area contributed by atoms with Crippen molar-refractivity contribution >= 4 is 29.1 Å². The molecule has 0 aliphatic heterocycles. The van der Waals surface area contributed by atoms with E-state index < -0.39 is 0 Å². The zero-order chi connectivity index (χ0) is 16.9. The molecule has 0 saturated carbocycles. The molecule has 0 radical (unpaired) electrons. The predicted molar refractivity (Wildman–Crippen MR) is 97.8 cm³/mol. The lowest BCUT2D eigenvalue weighted by Gasteiger charge is -2.10. The normalized spacial score (nSPS) is 10.5. The molecular formula is C18H18ClN5. The molecule has 1 aromatic heterocycles. The van der Waals surface area contributed by atoms with E-state index in [4.69, 9.17) is 11.6 Å². The Labute approximate surface area is 146 Å². The van der Waals surface area contributed by atoms with Gasteiger partial charge in [-0.1, -0.05) is 47.5 Å². The highest BCUT2D eigenvalue weighted by Crippen LogP contribution is 2.22. The van der Waals surface area contributed by atoms with Crippen LogP contribution < -0.4 is 10.6 Å². The lowest BCUT2D eigenvalue weighted by atomic mass is 10.1. The van der Waals surface area contributed by atoms with Crippen molar-refractivity contribution in [3.05, 3.63) is 70.4 Å². The van der Waals surface area contributed by atoms with Crippen LogP contribution in [-0.2, 0) is 6.54 Å². The van der Waals surface area contributed by atoms with Gasteiger partial charge in [-0.25, -0.2) is 0 Å². The molecule has 0 spiro atoms. The zero-order valence-electron chi connectivity index (χ0n) is 13.5. The topological polar surface area (TPSA) is 62.7 Å². The molecule has 24 heavy (non-hydrogen) atoms. The first kappa shape index (κ1) is 16.2. The van der Waals surface area contributed by atoms with Gasteiger partial charge in [0.2, 0.25) is 5.95 Å². The van der Waals surface area contributed by atoms with E-state index in [1.807, 2.05) is 31.2 Å². The van der Waals surface area contributed by atoms with Gasteiger partial charge in [-0.2, -0.15) is 10.1 Å². The minimum atomic E-state index is 0.426. The van der Waals surface area contributed by atoms with Crippen molar-refractivity contribution in [2.75, 3.05) is 10.6 Å². The Balaban J connectivity index is 1.71. The summed E-state index contributed by atoms with van der Waals surface area (Å²) in [6.45, 7) is 4.74. The number of anilines is 3. The van der Waals surface area contributed by atoms with E-state index in [1.54, 1.807) is 6.20 Å². The van der Waals surface area contributed by atoms with Crippen LogP contribution in [-0.4, -0.2) is 15.2 Å². The SMILES string of the molecule is Cc1cccc(CNc2cnnc(Nc3cc(Cl)ccc3C)n2)c1. The number of hydrogen-bond acceptors (Lipinski definition) is 5. The Kier molecular flexibility index (Phi) is 4.91. The van der Waals surface area contributed by atoms with E-state index in [0.717, 1.165) is 11.3 Å². The second-order valence-corrected chi connectivity index (χ2v) is 6.03. The molecule has 2 N–H and O–H groups in total. The summed E-state index contributed by atoms with van der Waals surface area (Å²) in [7, 11) is 0. The monoisotopic (exact) mass is 339 g/mol. The van der Waals surface area contributed by atoms with Gasteiger partial charge in [0.15, 0.2) is 5.82 Å². The van der Waals surface area contributed by atoms with Gasteiger partial charge in [0.1, 0.15) is 0 Å². The van der Waals surface area contributed by atoms with Crippen LogP contribution in [0, 0.1) is 13.8 Å². The summed E-state index contributed by atoms with van der Waals surface area (Å²) >= 11 is 6.04. The van der Waals surface area contributed by atoms with Crippen molar-refractivity contribution in [1.82, 2.24) is 15.2 Å². The summed E-state index contributed by atoms with van der Waals surface area (Å²) in [5, 5.41) is 15.1. The fraction of sp³-hybridized carbons (Fsp3) is 0.167. The van der Waals surface area contributed by atoms with Crippen LogP contribution in [0.1, 0.15) is 16.7 Å². The van der Waals surface area contributed by atoms with E-state index in [2.05, 4.69) is 50.9 Å². The Morgan fingerprint density at radius 1 is 1.08 bits per heavy atom. The Hall–Kier alpha value is -2.66. The van der Waals surface area contributed by atoms with Crippen LogP contribution in [0.2, 0.25) is 5.02 Å². The molecule has 3 aromatic rings. The molecule has 2 aromatic carbocycles. The summed E-state index contributed by atoms with van der Waals surface area (Å²) in [5.74, 6) is 1.09. The van der Waals surface area contributed by atoms with Crippen molar-refractivity contribution in [2.24, 2.45) is 0 Å². The number of aryl methyl sites for hydroxylation is 2. The van der Waals surface area contributed by atoms with Gasteiger partial charge < -0.3 is 10.6 Å². The third-order valence-corrected chi connectivity index (χ3v) is 3.80. The first-order valence-electron chi connectivity index (χ1n) is 7.62. The number of halogens is 1. The molecule has 0 aliphatic rings. The Morgan fingerprint density at radius 3 is 2.79 bits per heavy atom. The van der Waals surface area contributed by atoms with Crippen LogP contribution in [0.15, 0.2) is 48.7 Å². The van der Waals surface area contributed by atoms with Crippen LogP contribution in [0.25, 0.3) is 0 Å². The lowest BCUT2D eigenvalue weighted by Crippen LogP contribution is -2.06. The Bertz CT molecular complexity index is 850. The maximum absolute atomic E-state index is 6.04. The van der Waals surface area contributed by atoms with Crippen molar-refractivity contribution in [1.29, 1.82) is 0 Å². The third-order valence-electron chi connectivity index (χ3n) is 3.56. The quantitative estimate of drug-likeness (QED) is 0.716. The van der Waals surface area contributed by atoms with Crippen molar-refractivity contribution in [2.45, 2.75) is 20.4 Å². The maximum Gasteiger partial charge on any atom is 0.249 e. The van der Waals surface area contributed by atoms with Crippen molar-refractivity contribution in [3.63, 3.8) is 0 Å². The summed E-state index contributed by atoms with van der Waals surface area (Å²) in [6.07, 6.45) is 1.60. The highest BCUT2D eigenvalue weighted by atomic mass is 35.5. The van der Waals surface area contributed by atoms with E-state index in [-0.39, 0.29) is 0 Å². The first-order valence-corrected chi connectivity index (χ1v) is 8.00. The average molecular weight is 340 g/mol. The van der Waals surface area contributed by atoms with Crippen molar-refractivity contribution in [3.8, 4) is 0 Å². The minimum absolute atomic E-state index is 0.426. The van der Waals surface area contributed by atoms with Crippen LogP contribution in [0.3, 0.4) is 0 Å². The zero-order valence-corrected chi connectivity index (χ0v) is 14.3. The molecule has 0 unspecified atom stereocenters. The highest BCUT2D eigenvalue weighted by Gasteiger charge is 2.04. The fourth-order valence-electron chi connectivity index (χ4n) is 2.31. The largest absolute Gasteiger partial charge is 0.365 e. The standard InChI is InChI=1S/C18H18ClN5/c1-12-4-3-5-14(8-12)10-20-17-11-21-24-18(23-17)22-16-9-15(19)7-6-13(16)2/h3-9,11H,10H2,1-2H3,(H2,20,22,23,24). The molecule has 0 atom stereocenters. The van der Waals surface area contributed by atoms with Crippen LogP contribution in [0.4, 0.5) is 17.5 Å². The fourth-order valence-corrected chi connectivity index (χ4v) is 2.48. The van der Waals surface area contributed by atoms with Gasteiger partial charge >= 0.3 is 0 Å². The van der Waals surface area contributed by atoms with Gasteiger partial charge in [-0.3, -0.25) is 0 Å². The minimum Gasteiger partial charge on any atom is -0.365 e. The molecule has 1 heterocycles. The summed E-state index contributed by atoms with van der Waals surface area (Å²) in [4.78, 5) is 4.44. The molecule has 3 rings (SSSR count). The molecule has 6 heteroatoms. The highest BCUT2D eigenvalue weighted by molar-refractivity contribution is 6.30. The third kappa shape index (κ3) is 4.20. The van der Waals surface area contributed by atoms with E-state index in [1.165, 1.54) is 11.1 Å². The van der Waals surface area contributed by atoms with E-state index in [9.17, 15) is 0 Å². The van der Waals surface area contributed by atoms with E-state index in [0.29, 0.717) is 23.3 Å². The molecule has 0 aliphatic carbocycles. The average Bonchev–Trinajstić information content (AvgIpc) is 2.57. The number of rotatable bonds is 5. The van der Waals surface area contributed by atoms with Gasteiger partial charge in [-0.05, 0) is 37.1 Å². The number of nitrogens with one attached hydrogen (secondary N) is 2.